The van der Waals surface area contributed by atoms with Gasteiger partial charge in [0.15, 0.2) is 0 Å². The summed E-state index contributed by atoms with van der Waals surface area (Å²) < 4.78 is 1.10. The van der Waals surface area contributed by atoms with Gasteiger partial charge in [-0.05, 0) is 17.7 Å². The second-order valence-electron chi connectivity index (χ2n) is 4.15. The molecule has 1 N–H and O–H groups in total. The highest BCUT2D eigenvalue weighted by Gasteiger charge is 2.38. The van der Waals surface area contributed by atoms with Crippen LogP contribution in [0.1, 0.15) is 11.5 Å². The molecule has 1 saturated heterocycles. The van der Waals surface area contributed by atoms with Crippen molar-refractivity contribution in [1.29, 1.82) is 0 Å². The van der Waals surface area contributed by atoms with E-state index < -0.39 is 0 Å². The van der Waals surface area contributed by atoms with Gasteiger partial charge in [-0.15, -0.1) is 6.58 Å². The number of hydrogen-bond acceptors (Lipinski definition) is 2. The molecular formula is C13H16BrNO. The highest BCUT2D eigenvalue weighted by Crippen LogP contribution is 2.34. The summed E-state index contributed by atoms with van der Waals surface area (Å²) in [5, 5.41) is 9.38. The predicted octanol–water partition coefficient (Wildman–Crippen LogP) is 2.40. The maximum Gasteiger partial charge on any atom is 0.0593 e. The summed E-state index contributed by atoms with van der Waals surface area (Å²) in [5.41, 5.74) is 1.31. The minimum atomic E-state index is 0.217. The van der Waals surface area contributed by atoms with Gasteiger partial charge >= 0.3 is 0 Å². The molecule has 2 atom stereocenters. The lowest BCUT2D eigenvalue weighted by Gasteiger charge is -2.47. The van der Waals surface area contributed by atoms with Crippen molar-refractivity contribution in [3.8, 4) is 0 Å². The Morgan fingerprint density at radius 3 is 2.69 bits per heavy atom. The molecule has 86 valence electrons. The standard InChI is InChI=1S/C13H16BrNO/c1-2-7-15-8-12(13(15)9-16)10-3-5-11(14)6-4-10/h2-6,12-13,16H,1,7-9H2. The van der Waals surface area contributed by atoms with Gasteiger partial charge in [-0.2, -0.15) is 0 Å². The summed E-state index contributed by atoms with van der Waals surface area (Å²) in [6.45, 7) is 5.82. The van der Waals surface area contributed by atoms with Crippen LogP contribution in [0.3, 0.4) is 0 Å². The van der Waals surface area contributed by atoms with E-state index in [0.717, 1.165) is 17.6 Å². The fourth-order valence-electron chi connectivity index (χ4n) is 2.28. The summed E-state index contributed by atoms with van der Waals surface area (Å²) in [6, 6.07) is 8.62. The fourth-order valence-corrected chi connectivity index (χ4v) is 2.55. The van der Waals surface area contributed by atoms with Crippen LogP contribution in [0.15, 0.2) is 41.4 Å². The number of rotatable bonds is 4. The van der Waals surface area contributed by atoms with Gasteiger partial charge < -0.3 is 5.11 Å². The summed E-state index contributed by atoms with van der Waals surface area (Å²) in [6.07, 6.45) is 1.89. The van der Waals surface area contributed by atoms with E-state index in [0.29, 0.717) is 5.92 Å². The van der Waals surface area contributed by atoms with Crippen LogP contribution in [0.2, 0.25) is 0 Å². The highest BCUT2D eigenvalue weighted by atomic mass is 79.9. The van der Waals surface area contributed by atoms with Gasteiger partial charge in [0.2, 0.25) is 0 Å². The highest BCUT2D eigenvalue weighted by molar-refractivity contribution is 9.10. The summed E-state index contributed by atoms with van der Waals surface area (Å²) in [7, 11) is 0. The van der Waals surface area contributed by atoms with Crippen molar-refractivity contribution in [2.75, 3.05) is 19.7 Å². The Morgan fingerprint density at radius 2 is 2.12 bits per heavy atom. The van der Waals surface area contributed by atoms with Crippen molar-refractivity contribution in [2.45, 2.75) is 12.0 Å². The molecule has 0 aromatic heterocycles. The van der Waals surface area contributed by atoms with E-state index in [-0.39, 0.29) is 12.6 Å². The minimum Gasteiger partial charge on any atom is -0.395 e. The van der Waals surface area contributed by atoms with Gasteiger partial charge in [-0.1, -0.05) is 34.1 Å². The van der Waals surface area contributed by atoms with Crippen LogP contribution in [-0.4, -0.2) is 35.7 Å². The first kappa shape index (κ1) is 11.8. The number of likely N-dealkylation sites (tertiary alicyclic amines) is 1. The van der Waals surface area contributed by atoms with Crippen LogP contribution in [0.5, 0.6) is 0 Å². The molecular weight excluding hydrogens is 266 g/mol. The average molecular weight is 282 g/mol. The third-order valence-corrected chi connectivity index (χ3v) is 3.74. The molecule has 1 aromatic carbocycles. The average Bonchev–Trinajstić information content (AvgIpc) is 2.26. The maximum absolute atomic E-state index is 9.38. The zero-order chi connectivity index (χ0) is 11.5. The Morgan fingerprint density at radius 1 is 1.44 bits per heavy atom. The first-order chi connectivity index (χ1) is 7.76. The van der Waals surface area contributed by atoms with Gasteiger partial charge in [0.05, 0.1) is 6.61 Å². The van der Waals surface area contributed by atoms with E-state index in [1.54, 1.807) is 0 Å². The third kappa shape index (κ3) is 2.21. The van der Waals surface area contributed by atoms with Crippen molar-refractivity contribution >= 4 is 15.9 Å². The summed E-state index contributed by atoms with van der Waals surface area (Å²) >= 11 is 3.43. The van der Waals surface area contributed by atoms with Crippen molar-refractivity contribution in [2.24, 2.45) is 0 Å². The number of aliphatic hydroxyl groups is 1. The van der Waals surface area contributed by atoms with E-state index >= 15 is 0 Å². The van der Waals surface area contributed by atoms with Gasteiger partial charge in [0.1, 0.15) is 0 Å². The van der Waals surface area contributed by atoms with Gasteiger partial charge in [-0.3, -0.25) is 4.90 Å². The number of halogens is 1. The number of aliphatic hydroxyl groups excluding tert-OH is 1. The molecule has 1 aliphatic rings. The molecule has 0 spiro atoms. The normalized spacial score (nSPS) is 25.1. The molecule has 1 aromatic rings. The largest absolute Gasteiger partial charge is 0.395 e. The van der Waals surface area contributed by atoms with Gasteiger partial charge in [0, 0.05) is 29.5 Å². The van der Waals surface area contributed by atoms with Crippen LogP contribution >= 0.6 is 15.9 Å². The number of benzene rings is 1. The monoisotopic (exact) mass is 281 g/mol. The maximum atomic E-state index is 9.38. The molecule has 1 heterocycles. The molecule has 0 radical (unpaired) electrons. The van der Waals surface area contributed by atoms with E-state index in [1.807, 2.05) is 6.08 Å². The smallest absolute Gasteiger partial charge is 0.0593 e. The molecule has 2 rings (SSSR count). The van der Waals surface area contributed by atoms with Crippen molar-refractivity contribution in [3.05, 3.63) is 47.0 Å². The Labute approximate surface area is 105 Å². The topological polar surface area (TPSA) is 23.5 Å². The quantitative estimate of drug-likeness (QED) is 0.857. The van der Waals surface area contributed by atoms with Crippen LogP contribution in [0, 0.1) is 0 Å². The van der Waals surface area contributed by atoms with E-state index in [4.69, 9.17) is 0 Å². The third-order valence-electron chi connectivity index (χ3n) is 3.21. The molecule has 1 fully saturated rings. The molecule has 0 bridgehead atoms. The van der Waals surface area contributed by atoms with E-state index in [9.17, 15) is 5.11 Å². The Kier molecular flexibility index (Phi) is 3.79. The SMILES string of the molecule is C=CCN1CC(c2ccc(Br)cc2)C1CO. The van der Waals surface area contributed by atoms with Crippen LogP contribution in [-0.2, 0) is 0 Å². The Hall–Kier alpha value is -0.640. The fraction of sp³-hybridized carbons (Fsp3) is 0.385. The molecule has 2 nitrogen and oxygen atoms in total. The first-order valence-corrected chi connectivity index (χ1v) is 6.27. The van der Waals surface area contributed by atoms with E-state index in [2.05, 4.69) is 51.7 Å². The molecule has 2 unspecified atom stereocenters. The van der Waals surface area contributed by atoms with Crippen LogP contribution in [0.25, 0.3) is 0 Å². The first-order valence-electron chi connectivity index (χ1n) is 5.47. The van der Waals surface area contributed by atoms with Crippen molar-refractivity contribution < 1.29 is 5.11 Å². The number of hydrogen-bond donors (Lipinski definition) is 1. The lowest BCUT2D eigenvalue weighted by molar-refractivity contribution is 0.0272. The Balaban J connectivity index is 2.06. The number of nitrogens with zero attached hydrogens (tertiary/aromatic N) is 1. The lowest BCUT2D eigenvalue weighted by atomic mass is 9.83. The van der Waals surface area contributed by atoms with Crippen LogP contribution in [0.4, 0.5) is 0 Å². The molecule has 0 saturated carbocycles. The zero-order valence-electron chi connectivity index (χ0n) is 9.14. The van der Waals surface area contributed by atoms with E-state index in [1.165, 1.54) is 5.56 Å². The summed E-state index contributed by atoms with van der Waals surface area (Å²) in [5.74, 6) is 0.457. The lowest BCUT2D eigenvalue weighted by Crippen LogP contribution is -2.56. The molecule has 3 heteroatoms. The zero-order valence-corrected chi connectivity index (χ0v) is 10.7. The second-order valence-corrected chi connectivity index (χ2v) is 5.07. The minimum absolute atomic E-state index is 0.217. The second kappa shape index (κ2) is 5.13. The van der Waals surface area contributed by atoms with Gasteiger partial charge in [-0.25, -0.2) is 0 Å². The van der Waals surface area contributed by atoms with Crippen molar-refractivity contribution in [3.63, 3.8) is 0 Å². The molecule has 1 aliphatic heterocycles. The molecule has 0 amide bonds. The summed E-state index contributed by atoms with van der Waals surface area (Å²) in [4.78, 5) is 2.25. The molecule has 16 heavy (non-hydrogen) atoms. The predicted molar refractivity (Wildman–Crippen MR) is 69.5 cm³/mol. The van der Waals surface area contributed by atoms with Gasteiger partial charge in [0.25, 0.3) is 0 Å². The Bertz CT molecular complexity index is 363. The van der Waals surface area contributed by atoms with Crippen LogP contribution < -0.4 is 0 Å². The molecule has 0 aliphatic carbocycles. The van der Waals surface area contributed by atoms with Crippen molar-refractivity contribution in [1.82, 2.24) is 4.90 Å².